The van der Waals surface area contributed by atoms with Crippen molar-refractivity contribution in [3.05, 3.63) is 79.1 Å². The van der Waals surface area contributed by atoms with Crippen LogP contribution in [0.5, 0.6) is 11.6 Å². The zero-order valence-corrected chi connectivity index (χ0v) is 17.5. The Hall–Kier alpha value is -4.13. The number of carbonyl (C=O) groups is 1. The minimum atomic E-state index is -0.305. The molecule has 0 saturated carbocycles. The standard InChI is InChI=1S/C25H23N5O2/c31-25(28-18-6-2-1-3-7-18)29-19-8-11-21(12-9-19)32-24-22-16-20(30-14-4-5-15-30)10-13-23(22)26-17-27-24/h1-3,6-13,16-17H,4-5,14-15H2,(H2,28,29,31). The molecule has 1 aromatic heterocycles. The fourth-order valence-corrected chi connectivity index (χ4v) is 3.81. The topological polar surface area (TPSA) is 79.4 Å². The Kier molecular flexibility index (Phi) is 5.53. The van der Waals surface area contributed by atoms with Crippen LogP contribution in [0.1, 0.15) is 12.8 Å². The second-order valence-corrected chi connectivity index (χ2v) is 7.65. The van der Waals surface area contributed by atoms with Gasteiger partial charge >= 0.3 is 6.03 Å². The van der Waals surface area contributed by atoms with E-state index in [1.54, 1.807) is 24.3 Å². The van der Waals surface area contributed by atoms with Gasteiger partial charge in [0.2, 0.25) is 5.88 Å². The lowest BCUT2D eigenvalue weighted by Gasteiger charge is -2.18. The van der Waals surface area contributed by atoms with E-state index in [1.807, 2.05) is 36.4 Å². The smallest absolute Gasteiger partial charge is 0.323 e. The highest BCUT2D eigenvalue weighted by Crippen LogP contribution is 2.31. The number of para-hydroxylation sites is 1. The van der Waals surface area contributed by atoms with Gasteiger partial charge in [0.05, 0.1) is 10.9 Å². The molecule has 5 rings (SSSR count). The first-order valence-corrected chi connectivity index (χ1v) is 10.7. The summed E-state index contributed by atoms with van der Waals surface area (Å²) in [5.41, 5.74) is 3.40. The van der Waals surface area contributed by atoms with Crippen LogP contribution >= 0.6 is 0 Å². The summed E-state index contributed by atoms with van der Waals surface area (Å²) < 4.78 is 6.07. The van der Waals surface area contributed by atoms with E-state index in [4.69, 9.17) is 4.74 Å². The number of benzene rings is 3. The molecule has 4 aromatic rings. The van der Waals surface area contributed by atoms with E-state index in [2.05, 4.69) is 37.6 Å². The summed E-state index contributed by atoms with van der Waals surface area (Å²) in [7, 11) is 0. The molecule has 2 amide bonds. The van der Waals surface area contributed by atoms with Crippen molar-refractivity contribution in [1.82, 2.24) is 9.97 Å². The van der Waals surface area contributed by atoms with Crippen LogP contribution in [0.3, 0.4) is 0 Å². The third kappa shape index (κ3) is 4.46. The Morgan fingerprint density at radius 2 is 1.56 bits per heavy atom. The van der Waals surface area contributed by atoms with E-state index in [0.717, 1.165) is 29.7 Å². The molecule has 0 bridgehead atoms. The number of nitrogens with one attached hydrogen (secondary N) is 2. The molecule has 0 atom stereocenters. The third-order valence-electron chi connectivity index (χ3n) is 5.41. The minimum Gasteiger partial charge on any atom is -0.438 e. The van der Waals surface area contributed by atoms with E-state index in [9.17, 15) is 4.79 Å². The van der Waals surface area contributed by atoms with Crippen molar-refractivity contribution in [3.8, 4) is 11.6 Å². The van der Waals surface area contributed by atoms with Crippen LogP contribution in [0.2, 0.25) is 0 Å². The highest BCUT2D eigenvalue weighted by molar-refractivity contribution is 5.99. The molecule has 3 aromatic carbocycles. The monoisotopic (exact) mass is 425 g/mol. The number of amides is 2. The molecular weight excluding hydrogens is 402 g/mol. The molecule has 7 nitrogen and oxygen atoms in total. The van der Waals surface area contributed by atoms with E-state index < -0.39 is 0 Å². The lowest BCUT2D eigenvalue weighted by Crippen LogP contribution is -2.19. The summed E-state index contributed by atoms with van der Waals surface area (Å²) in [5.74, 6) is 1.14. The molecule has 0 spiro atoms. The number of urea groups is 1. The molecule has 0 aliphatic carbocycles. The van der Waals surface area contributed by atoms with Gasteiger partial charge in [-0.3, -0.25) is 0 Å². The molecule has 0 unspecified atom stereocenters. The molecule has 2 N–H and O–H groups in total. The molecule has 1 fully saturated rings. The number of aromatic nitrogens is 2. The molecule has 32 heavy (non-hydrogen) atoms. The molecule has 160 valence electrons. The second kappa shape index (κ2) is 8.93. The van der Waals surface area contributed by atoms with Crippen molar-refractivity contribution in [2.75, 3.05) is 28.6 Å². The summed E-state index contributed by atoms with van der Waals surface area (Å²) in [4.78, 5) is 23.3. The highest BCUT2D eigenvalue weighted by atomic mass is 16.5. The Morgan fingerprint density at radius 1 is 0.844 bits per heavy atom. The number of ether oxygens (including phenoxy) is 1. The fraction of sp³-hybridized carbons (Fsp3) is 0.160. The molecule has 1 aliphatic rings. The molecule has 1 aliphatic heterocycles. The Bertz CT molecular complexity index is 1220. The average molecular weight is 425 g/mol. The van der Waals surface area contributed by atoms with Gasteiger partial charge in [0, 0.05) is 30.2 Å². The molecule has 7 heteroatoms. The summed E-state index contributed by atoms with van der Waals surface area (Å²) in [5, 5.41) is 6.48. The normalized spacial score (nSPS) is 13.2. The van der Waals surface area contributed by atoms with Crippen LogP contribution < -0.4 is 20.3 Å². The van der Waals surface area contributed by atoms with Gasteiger partial charge in [-0.1, -0.05) is 18.2 Å². The molecule has 1 saturated heterocycles. The maximum atomic E-state index is 12.2. The number of hydrogen-bond acceptors (Lipinski definition) is 5. The summed E-state index contributed by atoms with van der Waals surface area (Å²) in [6.45, 7) is 2.14. The van der Waals surface area contributed by atoms with E-state index in [-0.39, 0.29) is 6.03 Å². The van der Waals surface area contributed by atoms with Crippen molar-refractivity contribution in [1.29, 1.82) is 0 Å². The maximum Gasteiger partial charge on any atom is 0.323 e. The lowest BCUT2D eigenvalue weighted by atomic mass is 10.2. The van der Waals surface area contributed by atoms with Gasteiger partial charge in [0.15, 0.2) is 0 Å². The van der Waals surface area contributed by atoms with Crippen LogP contribution in [0, 0.1) is 0 Å². The first-order chi connectivity index (χ1) is 15.7. The van der Waals surface area contributed by atoms with Crippen molar-refractivity contribution in [2.45, 2.75) is 12.8 Å². The van der Waals surface area contributed by atoms with Gasteiger partial charge in [-0.2, -0.15) is 0 Å². The SMILES string of the molecule is O=C(Nc1ccccc1)Nc1ccc(Oc2ncnc3ccc(N4CCCC4)cc23)cc1. The number of anilines is 3. The number of nitrogens with zero attached hydrogens (tertiary/aromatic N) is 3. The van der Waals surface area contributed by atoms with Gasteiger partial charge in [0.25, 0.3) is 0 Å². The summed E-state index contributed by atoms with van der Waals surface area (Å²) in [6.07, 6.45) is 3.95. The van der Waals surface area contributed by atoms with Crippen LogP contribution in [-0.2, 0) is 0 Å². The van der Waals surface area contributed by atoms with Crippen LogP contribution in [0.4, 0.5) is 21.9 Å². The zero-order chi connectivity index (χ0) is 21.8. The molecule has 2 heterocycles. The summed E-state index contributed by atoms with van der Waals surface area (Å²) in [6, 6.07) is 22.4. The number of fused-ring (bicyclic) bond motifs is 1. The Morgan fingerprint density at radius 3 is 2.31 bits per heavy atom. The second-order valence-electron chi connectivity index (χ2n) is 7.65. The largest absolute Gasteiger partial charge is 0.438 e. The van der Waals surface area contributed by atoms with Gasteiger partial charge in [0.1, 0.15) is 12.1 Å². The van der Waals surface area contributed by atoms with Gasteiger partial charge in [-0.25, -0.2) is 14.8 Å². The highest BCUT2D eigenvalue weighted by Gasteiger charge is 2.15. The number of rotatable bonds is 5. The van der Waals surface area contributed by atoms with Crippen LogP contribution in [0.15, 0.2) is 79.1 Å². The maximum absolute atomic E-state index is 12.2. The third-order valence-corrected chi connectivity index (χ3v) is 5.41. The first kappa shape index (κ1) is 19.8. The Labute approximate surface area is 186 Å². The predicted molar refractivity (Wildman–Crippen MR) is 127 cm³/mol. The van der Waals surface area contributed by atoms with Gasteiger partial charge in [-0.05, 0) is 67.4 Å². The molecule has 0 radical (unpaired) electrons. The van der Waals surface area contributed by atoms with E-state index in [0.29, 0.717) is 17.3 Å². The zero-order valence-electron chi connectivity index (χ0n) is 17.5. The summed E-state index contributed by atoms with van der Waals surface area (Å²) >= 11 is 0. The van der Waals surface area contributed by atoms with Crippen LogP contribution in [-0.4, -0.2) is 29.1 Å². The van der Waals surface area contributed by atoms with Crippen molar-refractivity contribution < 1.29 is 9.53 Å². The van der Waals surface area contributed by atoms with Crippen LogP contribution in [0.25, 0.3) is 10.9 Å². The quantitative estimate of drug-likeness (QED) is 0.431. The van der Waals surface area contributed by atoms with E-state index in [1.165, 1.54) is 24.9 Å². The van der Waals surface area contributed by atoms with Crippen molar-refractivity contribution in [2.24, 2.45) is 0 Å². The molecular formula is C25H23N5O2. The minimum absolute atomic E-state index is 0.305. The predicted octanol–water partition coefficient (Wildman–Crippen LogP) is 5.67. The van der Waals surface area contributed by atoms with Gasteiger partial charge < -0.3 is 20.3 Å². The van der Waals surface area contributed by atoms with Crippen molar-refractivity contribution in [3.63, 3.8) is 0 Å². The number of hydrogen-bond donors (Lipinski definition) is 2. The first-order valence-electron chi connectivity index (χ1n) is 10.7. The Balaban J connectivity index is 1.29. The van der Waals surface area contributed by atoms with E-state index >= 15 is 0 Å². The lowest BCUT2D eigenvalue weighted by molar-refractivity contribution is 0.262. The average Bonchev–Trinajstić information content (AvgIpc) is 3.36. The fourth-order valence-electron chi connectivity index (χ4n) is 3.81. The number of carbonyl (C=O) groups excluding carboxylic acids is 1. The van der Waals surface area contributed by atoms with Gasteiger partial charge in [-0.15, -0.1) is 0 Å². The van der Waals surface area contributed by atoms with Crippen molar-refractivity contribution >= 4 is 34.0 Å².